The molecule has 0 spiro atoms. The lowest BCUT2D eigenvalue weighted by Gasteiger charge is -2.10. The van der Waals surface area contributed by atoms with Crippen LogP contribution in [0.3, 0.4) is 0 Å². The molecule has 1 heterocycles. The predicted molar refractivity (Wildman–Crippen MR) is 73.4 cm³/mol. The molecule has 1 atom stereocenters. The first-order valence-corrected chi connectivity index (χ1v) is 7.27. The number of hydrogen-bond acceptors (Lipinski definition) is 4. The maximum absolute atomic E-state index is 9.99. The summed E-state index contributed by atoms with van der Waals surface area (Å²) in [4.78, 5) is 4.35. The van der Waals surface area contributed by atoms with Crippen molar-refractivity contribution in [1.29, 1.82) is 0 Å². The van der Waals surface area contributed by atoms with Crippen molar-refractivity contribution >= 4 is 27.9 Å². The number of rotatable bonds is 3. The molecule has 2 rings (SSSR count). The minimum Gasteiger partial charge on any atom is -0.388 e. The quantitative estimate of drug-likeness (QED) is 0.899. The minimum atomic E-state index is -0.394. The summed E-state index contributed by atoms with van der Waals surface area (Å²) in [5.41, 5.74) is 2.21. The second-order valence-corrected chi connectivity index (χ2v) is 6.08. The van der Waals surface area contributed by atoms with Crippen molar-refractivity contribution in [3.63, 3.8) is 0 Å². The molecule has 0 radical (unpaired) electrons. The molecular weight excluding hydrogens is 238 g/mol. The van der Waals surface area contributed by atoms with E-state index in [0.29, 0.717) is 5.75 Å². The van der Waals surface area contributed by atoms with Crippen molar-refractivity contribution in [2.45, 2.75) is 13.0 Å². The highest BCUT2D eigenvalue weighted by atomic mass is 32.2. The number of aryl methyl sites for hydroxylation is 1. The van der Waals surface area contributed by atoms with Crippen LogP contribution in [0.15, 0.2) is 29.3 Å². The van der Waals surface area contributed by atoms with Gasteiger partial charge in [0.05, 0.1) is 12.6 Å². The third-order valence-corrected chi connectivity index (χ3v) is 4.71. The summed E-state index contributed by atoms with van der Waals surface area (Å²) >= 11 is 3.44. The first-order valence-electron chi connectivity index (χ1n) is 5.30. The molecule has 0 aliphatic carbocycles. The molecule has 4 heteroatoms. The van der Waals surface area contributed by atoms with Gasteiger partial charge in [0, 0.05) is 11.5 Å². The van der Waals surface area contributed by atoms with Crippen LogP contribution in [0, 0.1) is 6.92 Å². The van der Waals surface area contributed by atoms with Crippen LogP contribution in [0.2, 0.25) is 0 Å². The van der Waals surface area contributed by atoms with Gasteiger partial charge in [-0.05, 0) is 12.5 Å². The largest absolute Gasteiger partial charge is 0.388 e. The molecule has 16 heavy (non-hydrogen) atoms. The van der Waals surface area contributed by atoms with Gasteiger partial charge < -0.3 is 5.11 Å². The summed E-state index contributed by atoms with van der Waals surface area (Å²) < 4.78 is 1.12. The zero-order valence-electron chi connectivity index (χ0n) is 9.22. The standard InChI is InChI=1S/C12H15NOS2/c1-9-2-4-10(5-3-9)11(14)8-16-12-13-6-7-15-12/h2-5,11,14H,6-8H2,1H3. The van der Waals surface area contributed by atoms with Crippen molar-refractivity contribution in [2.24, 2.45) is 4.99 Å². The maximum Gasteiger partial charge on any atom is 0.124 e. The third kappa shape index (κ3) is 3.27. The monoisotopic (exact) mass is 253 g/mol. The van der Waals surface area contributed by atoms with E-state index in [0.717, 1.165) is 22.2 Å². The summed E-state index contributed by atoms with van der Waals surface area (Å²) in [6.07, 6.45) is -0.394. The van der Waals surface area contributed by atoms with E-state index in [1.165, 1.54) is 5.56 Å². The Hall–Kier alpha value is -0.450. The Labute approximate surface area is 105 Å². The van der Waals surface area contributed by atoms with Gasteiger partial charge in [-0.15, -0.1) is 0 Å². The lowest BCUT2D eigenvalue weighted by Crippen LogP contribution is -2.01. The molecule has 0 saturated heterocycles. The van der Waals surface area contributed by atoms with E-state index in [-0.39, 0.29) is 0 Å². The van der Waals surface area contributed by atoms with Crippen molar-refractivity contribution in [3.05, 3.63) is 35.4 Å². The second kappa shape index (κ2) is 5.75. The van der Waals surface area contributed by atoms with Crippen LogP contribution in [-0.4, -0.2) is 27.5 Å². The van der Waals surface area contributed by atoms with E-state index >= 15 is 0 Å². The zero-order chi connectivity index (χ0) is 11.4. The number of nitrogens with zero attached hydrogens (tertiary/aromatic N) is 1. The molecule has 1 aromatic carbocycles. The van der Waals surface area contributed by atoms with Gasteiger partial charge in [0.1, 0.15) is 4.38 Å². The van der Waals surface area contributed by atoms with E-state index in [2.05, 4.69) is 11.9 Å². The SMILES string of the molecule is Cc1ccc(C(O)CSC2=NCCS2)cc1. The van der Waals surface area contributed by atoms with Gasteiger partial charge in [0.15, 0.2) is 0 Å². The summed E-state index contributed by atoms with van der Waals surface area (Å²) in [6, 6.07) is 8.05. The first kappa shape index (κ1) is 12.0. The van der Waals surface area contributed by atoms with Crippen LogP contribution in [0.1, 0.15) is 17.2 Å². The highest BCUT2D eigenvalue weighted by molar-refractivity contribution is 8.39. The Bertz CT molecular complexity index is 375. The minimum absolute atomic E-state index is 0.394. The first-order chi connectivity index (χ1) is 7.75. The van der Waals surface area contributed by atoms with Crippen LogP contribution in [0.4, 0.5) is 0 Å². The number of aliphatic imine (C=N–C) groups is 1. The van der Waals surface area contributed by atoms with Gasteiger partial charge in [-0.3, -0.25) is 4.99 Å². The van der Waals surface area contributed by atoms with Gasteiger partial charge in [0.25, 0.3) is 0 Å². The van der Waals surface area contributed by atoms with Gasteiger partial charge >= 0.3 is 0 Å². The van der Waals surface area contributed by atoms with E-state index in [1.54, 1.807) is 23.5 Å². The number of aliphatic hydroxyl groups is 1. The lowest BCUT2D eigenvalue weighted by molar-refractivity contribution is 0.204. The molecule has 1 aromatic rings. The fourth-order valence-electron chi connectivity index (χ4n) is 1.44. The predicted octanol–water partition coefficient (Wildman–Crippen LogP) is 2.86. The molecule has 86 valence electrons. The van der Waals surface area contributed by atoms with Crippen LogP contribution in [0.5, 0.6) is 0 Å². The van der Waals surface area contributed by atoms with Gasteiger partial charge in [-0.2, -0.15) is 0 Å². The molecule has 1 unspecified atom stereocenters. The number of aliphatic hydroxyl groups excluding tert-OH is 1. The molecule has 0 saturated carbocycles. The molecule has 0 amide bonds. The molecule has 0 fully saturated rings. The summed E-state index contributed by atoms with van der Waals surface area (Å²) in [6.45, 7) is 2.97. The second-order valence-electron chi connectivity index (χ2n) is 3.73. The molecule has 1 aliphatic heterocycles. The van der Waals surface area contributed by atoms with Crippen molar-refractivity contribution in [3.8, 4) is 0 Å². The molecular formula is C12H15NOS2. The van der Waals surface area contributed by atoms with E-state index in [9.17, 15) is 5.11 Å². The molecule has 1 N–H and O–H groups in total. The fourth-order valence-corrected chi connectivity index (χ4v) is 3.44. The topological polar surface area (TPSA) is 32.6 Å². The summed E-state index contributed by atoms with van der Waals surface area (Å²) in [7, 11) is 0. The van der Waals surface area contributed by atoms with E-state index in [4.69, 9.17) is 0 Å². The maximum atomic E-state index is 9.99. The summed E-state index contributed by atoms with van der Waals surface area (Å²) in [5.74, 6) is 1.78. The average molecular weight is 253 g/mol. The number of hydrogen-bond donors (Lipinski definition) is 1. The molecule has 0 aromatic heterocycles. The Balaban J connectivity index is 1.87. The smallest absolute Gasteiger partial charge is 0.124 e. The number of benzene rings is 1. The van der Waals surface area contributed by atoms with Gasteiger partial charge in [-0.25, -0.2) is 0 Å². The van der Waals surface area contributed by atoms with Crippen molar-refractivity contribution in [2.75, 3.05) is 18.1 Å². The normalized spacial score (nSPS) is 17.2. The highest BCUT2D eigenvalue weighted by Gasteiger charge is 2.12. The fraction of sp³-hybridized carbons (Fsp3) is 0.417. The Morgan fingerprint density at radius 2 is 2.19 bits per heavy atom. The third-order valence-electron chi connectivity index (χ3n) is 2.38. The van der Waals surface area contributed by atoms with Crippen LogP contribution in [0.25, 0.3) is 0 Å². The Kier molecular flexibility index (Phi) is 4.32. The van der Waals surface area contributed by atoms with Crippen LogP contribution in [-0.2, 0) is 0 Å². The van der Waals surface area contributed by atoms with E-state index in [1.807, 2.05) is 24.3 Å². The zero-order valence-corrected chi connectivity index (χ0v) is 10.9. The van der Waals surface area contributed by atoms with E-state index < -0.39 is 6.10 Å². The van der Waals surface area contributed by atoms with Crippen molar-refractivity contribution < 1.29 is 5.11 Å². The van der Waals surface area contributed by atoms with Crippen molar-refractivity contribution in [1.82, 2.24) is 0 Å². The number of thioether (sulfide) groups is 2. The van der Waals surface area contributed by atoms with Gasteiger partial charge in [-0.1, -0.05) is 53.4 Å². The molecule has 2 nitrogen and oxygen atoms in total. The lowest BCUT2D eigenvalue weighted by atomic mass is 10.1. The van der Waals surface area contributed by atoms with Crippen LogP contribution < -0.4 is 0 Å². The van der Waals surface area contributed by atoms with Gasteiger partial charge in [0.2, 0.25) is 0 Å². The van der Waals surface area contributed by atoms with Crippen LogP contribution >= 0.6 is 23.5 Å². The Morgan fingerprint density at radius 1 is 1.44 bits per heavy atom. The molecule has 1 aliphatic rings. The molecule has 0 bridgehead atoms. The summed E-state index contributed by atoms with van der Waals surface area (Å²) in [5, 5.41) is 9.99. The Morgan fingerprint density at radius 3 is 2.81 bits per heavy atom. The highest BCUT2D eigenvalue weighted by Crippen LogP contribution is 2.26. The average Bonchev–Trinajstić information content (AvgIpc) is 2.80.